The zero-order chi connectivity index (χ0) is 13.8. The molecule has 2 fully saturated rings. The van der Waals surface area contributed by atoms with Crippen molar-refractivity contribution in [3.05, 3.63) is 18.3 Å². The maximum absolute atomic E-state index is 5.43. The predicted molar refractivity (Wildman–Crippen MR) is 82.7 cm³/mol. The van der Waals surface area contributed by atoms with Gasteiger partial charge < -0.3 is 15.2 Å². The highest BCUT2D eigenvalue weighted by Gasteiger charge is 2.25. The smallest absolute Gasteiger partial charge is 0.141 e. The van der Waals surface area contributed by atoms with Crippen molar-refractivity contribution in [2.75, 3.05) is 36.5 Å². The molecule has 1 aromatic rings. The summed E-state index contributed by atoms with van der Waals surface area (Å²) in [5, 5.41) is 0. The Hall–Kier alpha value is -1.33. The Morgan fingerprint density at radius 1 is 1.10 bits per heavy atom. The van der Waals surface area contributed by atoms with Crippen LogP contribution in [0, 0.1) is 0 Å². The number of piperidine rings is 2. The molecule has 0 aliphatic carbocycles. The van der Waals surface area contributed by atoms with E-state index in [1.165, 1.54) is 50.9 Å². The molecule has 0 aromatic carbocycles. The van der Waals surface area contributed by atoms with E-state index < -0.39 is 0 Å². The van der Waals surface area contributed by atoms with E-state index >= 15 is 0 Å². The van der Waals surface area contributed by atoms with E-state index in [-0.39, 0.29) is 0 Å². The van der Waals surface area contributed by atoms with Crippen molar-refractivity contribution in [2.45, 2.75) is 38.1 Å². The fourth-order valence-electron chi connectivity index (χ4n) is 3.47. The molecule has 3 heterocycles. The van der Waals surface area contributed by atoms with Gasteiger partial charge in [-0.3, -0.25) is 0 Å². The Balaban J connectivity index is 1.57. The molecule has 2 aliphatic rings. The topological polar surface area (TPSA) is 57.4 Å². The number of nitrogens with one attached hydrogen (secondary N) is 1. The number of rotatable bonds is 3. The number of hydrogen-bond donors (Lipinski definition) is 2. The van der Waals surface area contributed by atoms with Crippen LogP contribution in [0.2, 0.25) is 0 Å². The molecule has 5 nitrogen and oxygen atoms in total. The fraction of sp³-hybridized carbons (Fsp3) is 0.667. The molecule has 3 rings (SSSR count). The number of aromatic nitrogens is 1. The average Bonchev–Trinajstić information content (AvgIpc) is 2.56. The second-order valence-electron chi connectivity index (χ2n) is 5.86. The molecule has 0 bridgehead atoms. The normalized spacial score (nSPS) is 21.9. The third-order valence-electron chi connectivity index (χ3n) is 4.63. The molecule has 0 spiro atoms. The van der Waals surface area contributed by atoms with Gasteiger partial charge in [0.2, 0.25) is 0 Å². The Labute approximate surface area is 121 Å². The Morgan fingerprint density at radius 3 is 2.55 bits per heavy atom. The van der Waals surface area contributed by atoms with Gasteiger partial charge in [0.25, 0.3) is 0 Å². The van der Waals surface area contributed by atoms with Gasteiger partial charge >= 0.3 is 0 Å². The summed E-state index contributed by atoms with van der Waals surface area (Å²) in [5.41, 5.74) is 3.85. The van der Waals surface area contributed by atoms with Crippen molar-refractivity contribution in [3.63, 3.8) is 0 Å². The second-order valence-corrected chi connectivity index (χ2v) is 5.86. The fourth-order valence-corrected chi connectivity index (χ4v) is 3.47. The third kappa shape index (κ3) is 3.04. The molecule has 1 aromatic heterocycles. The van der Waals surface area contributed by atoms with E-state index in [2.05, 4.69) is 26.3 Å². The summed E-state index contributed by atoms with van der Waals surface area (Å²) >= 11 is 0. The highest BCUT2D eigenvalue weighted by molar-refractivity contribution is 5.53. The van der Waals surface area contributed by atoms with Gasteiger partial charge in [0.05, 0.1) is 0 Å². The predicted octanol–water partition coefficient (Wildman–Crippen LogP) is 1.82. The molecule has 0 amide bonds. The number of likely N-dealkylation sites (tertiary alicyclic amines) is 1. The first-order valence-corrected chi connectivity index (χ1v) is 7.78. The maximum Gasteiger partial charge on any atom is 0.141 e. The van der Waals surface area contributed by atoms with E-state index in [1.54, 1.807) is 0 Å². The monoisotopic (exact) mass is 275 g/mol. The van der Waals surface area contributed by atoms with E-state index in [0.717, 1.165) is 24.9 Å². The number of hydrazine groups is 1. The molecule has 20 heavy (non-hydrogen) atoms. The number of hydrogen-bond acceptors (Lipinski definition) is 5. The minimum absolute atomic E-state index is 0.737. The van der Waals surface area contributed by atoms with Crippen LogP contribution in [0.3, 0.4) is 0 Å². The Bertz CT molecular complexity index is 422. The number of nitrogen functional groups attached to an aromatic ring is 1. The van der Waals surface area contributed by atoms with Crippen molar-refractivity contribution >= 4 is 11.5 Å². The zero-order valence-electron chi connectivity index (χ0n) is 12.1. The minimum Gasteiger partial charge on any atom is -0.371 e. The summed E-state index contributed by atoms with van der Waals surface area (Å²) in [6, 6.07) is 4.89. The summed E-state index contributed by atoms with van der Waals surface area (Å²) < 4.78 is 0. The summed E-state index contributed by atoms with van der Waals surface area (Å²) in [7, 11) is 0. The molecule has 0 saturated carbocycles. The van der Waals surface area contributed by atoms with Crippen molar-refractivity contribution in [1.82, 2.24) is 9.88 Å². The summed E-state index contributed by atoms with van der Waals surface area (Å²) in [6.07, 6.45) is 8.55. The lowest BCUT2D eigenvalue weighted by Gasteiger charge is -2.41. The SMILES string of the molecule is NNc1cc(N2CCC(N3CCCCC3)CC2)ccn1. The van der Waals surface area contributed by atoms with Crippen LogP contribution in [0.1, 0.15) is 32.1 Å². The first-order valence-electron chi connectivity index (χ1n) is 7.78. The number of nitrogens with zero attached hydrogens (tertiary/aromatic N) is 3. The molecular weight excluding hydrogens is 250 g/mol. The number of anilines is 2. The number of nitrogens with two attached hydrogens (primary N) is 1. The van der Waals surface area contributed by atoms with Crippen LogP contribution in [-0.4, -0.2) is 42.1 Å². The quantitative estimate of drug-likeness (QED) is 0.651. The van der Waals surface area contributed by atoms with E-state index in [0.29, 0.717) is 0 Å². The van der Waals surface area contributed by atoms with Crippen LogP contribution >= 0.6 is 0 Å². The first kappa shape index (κ1) is 13.6. The lowest BCUT2D eigenvalue weighted by Crippen LogP contribution is -2.46. The van der Waals surface area contributed by atoms with Gasteiger partial charge in [0.1, 0.15) is 5.82 Å². The van der Waals surface area contributed by atoms with Crippen LogP contribution in [0.15, 0.2) is 18.3 Å². The van der Waals surface area contributed by atoms with E-state index in [4.69, 9.17) is 5.84 Å². The van der Waals surface area contributed by atoms with Gasteiger partial charge in [0, 0.05) is 37.1 Å². The van der Waals surface area contributed by atoms with Crippen LogP contribution in [0.5, 0.6) is 0 Å². The Kier molecular flexibility index (Phi) is 4.38. The number of pyridine rings is 1. The third-order valence-corrected chi connectivity index (χ3v) is 4.63. The lowest BCUT2D eigenvalue weighted by molar-refractivity contribution is 0.141. The van der Waals surface area contributed by atoms with Crippen molar-refractivity contribution in [3.8, 4) is 0 Å². The molecule has 0 atom stereocenters. The maximum atomic E-state index is 5.43. The highest BCUT2D eigenvalue weighted by atomic mass is 15.3. The van der Waals surface area contributed by atoms with Crippen LogP contribution in [-0.2, 0) is 0 Å². The van der Waals surface area contributed by atoms with Crippen LogP contribution < -0.4 is 16.2 Å². The first-order chi connectivity index (χ1) is 9.86. The summed E-state index contributed by atoms with van der Waals surface area (Å²) in [6.45, 7) is 4.88. The van der Waals surface area contributed by atoms with Gasteiger partial charge in [0.15, 0.2) is 0 Å². The van der Waals surface area contributed by atoms with Gasteiger partial charge in [-0.25, -0.2) is 10.8 Å². The molecular formula is C15H25N5. The molecule has 0 radical (unpaired) electrons. The standard InChI is InChI=1S/C15H25N5/c16-18-15-12-14(4-7-17-15)20-10-5-13(6-11-20)19-8-2-1-3-9-19/h4,7,12-13H,1-3,5-6,8-11,16H2,(H,17,18). The largest absolute Gasteiger partial charge is 0.371 e. The molecule has 2 saturated heterocycles. The molecule has 110 valence electrons. The van der Waals surface area contributed by atoms with Gasteiger partial charge in [-0.15, -0.1) is 0 Å². The van der Waals surface area contributed by atoms with E-state index in [9.17, 15) is 0 Å². The zero-order valence-corrected chi connectivity index (χ0v) is 12.1. The van der Waals surface area contributed by atoms with Crippen molar-refractivity contribution < 1.29 is 0 Å². The molecule has 5 heteroatoms. The van der Waals surface area contributed by atoms with Gasteiger partial charge in [-0.05, 0) is 44.8 Å². The van der Waals surface area contributed by atoms with Crippen LogP contribution in [0.25, 0.3) is 0 Å². The van der Waals surface area contributed by atoms with Gasteiger partial charge in [-0.1, -0.05) is 6.42 Å². The minimum atomic E-state index is 0.737. The van der Waals surface area contributed by atoms with Gasteiger partial charge in [-0.2, -0.15) is 0 Å². The van der Waals surface area contributed by atoms with Crippen LogP contribution in [0.4, 0.5) is 11.5 Å². The highest BCUT2D eigenvalue weighted by Crippen LogP contribution is 2.25. The summed E-state index contributed by atoms with van der Waals surface area (Å²) in [5.74, 6) is 6.17. The van der Waals surface area contributed by atoms with E-state index in [1.807, 2.05) is 12.3 Å². The second kappa shape index (κ2) is 6.41. The molecule has 2 aliphatic heterocycles. The van der Waals surface area contributed by atoms with Crippen molar-refractivity contribution in [1.29, 1.82) is 0 Å². The lowest BCUT2D eigenvalue weighted by atomic mass is 9.99. The molecule has 0 unspecified atom stereocenters. The average molecular weight is 275 g/mol. The summed E-state index contributed by atoms with van der Waals surface area (Å²) in [4.78, 5) is 9.33. The Morgan fingerprint density at radius 2 is 1.85 bits per heavy atom. The molecule has 3 N–H and O–H groups in total. The van der Waals surface area contributed by atoms with Crippen molar-refractivity contribution in [2.24, 2.45) is 5.84 Å².